The summed E-state index contributed by atoms with van der Waals surface area (Å²) in [6.07, 6.45) is 1.44. The third-order valence-electron chi connectivity index (χ3n) is 6.18. The average Bonchev–Trinajstić information content (AvgIpc) is 3.17. The second kappa shape index (κ2) is 6.40. The smallest absolute Gasteiger partial charge is 0.227 e. The fraction of sp³-hybridized carbons (Fsp3) is 0.650. The molecule has 0 spiro atoms. The first-order valence-corrected chi connectivity index (χ1v) is 10.7. The molecule has 27 heavy (non-hydrogen) atoms. The fourth-order valence-electron chi connectivity index (χ4n) is 4.40. The van der Waals surface area contributed by atoms with Crippen LogP contribution in [-0.4, -0.2) is 43.1 Å². The van der Waals surface area contributed by atoms with Crippen LogP contribution in [0.1, 0.15) is 67.5 Å². The number of H-pyrrole nitrogens is 1. The van der Waals surface area contributed by atoms with Crippen molar-refractivity contribution >= 4 is 17.7 Å². The van der Waals surface area contributed by atoms with Gasteiger partial charge < -0.3 is 4.90 Å². The van der Waals surface area contributed by atoms with Crippen molar-refractivity contribution in [1.29, 1.82) is 0 Å². The van der Waals surface area contributed by atoms with Crippen LogP contribution in [0.3, 0.4) is 0 Å². The van der Waals surface area contributed by atoms with Gasteiger partial charge in [0, 0.05) is 53.8 Å². The monoisotopic (exact) mass is 387 g/mol. The highest BCUT2D eigenvalue weighted by Crippen LogP contribution is 2.44. The SMILES string of the molecule is CC(C)c1nn(C)c2c1CSC(C(C)(C)c1n[nH]c3c1CC(=O)N(C)C3)C2. The summed E-state index contributed by atoms with van der Waals surface area (Å²) < 4.78 is 2.08. The van der Waals surface area contributed by atoms with Gasteiger partial charge in [0.1, 0.15) is 0 Å². The van der Waals surface area contributed by atoms with Crippen molar-refractivity contribution in [2.75, 3.05) is 7.05 Å². The molecule has 0 fully saturated rings. The van der Waals surface area contributed by atoms with Gasteiger partial charge in [0.05, 0.1) is 30.0 Å². The first kappa shape index (κ1) is 18.6. The maximum absolute atomic E-state index is 12.3. The number of carbonyl (C=O) groups is 1. The lowest BCUT2D eigenvalue weighted by Gasteiger charge is -2.36. The van der Waals surface area contributed by atoms with E-state index in [-0.39, 0.29) is 11.3 Å². The molecule has 2 aromatic heterocycles. The van der Waals surface area contributed by atoms with Gasteiger partial charge in [-0.1, -0.05) is 27.7 Å². The van der Waals surface area contributed by atoms with E-state index in [2.05, 4.69) is 49.6 Å². The Kier molecular flexibility index (Phi) is 4.41. The number of aryl methyl sites for hydroxylation is 1. The van der Waals surface area contributed by atoms with E-state index in [1.165, 1.54) is 17.0 Å². The van der Waals surface area contributed by atoms with Gasteiger partial charge in [-0.15, -0.1) is 0 Å². The van der Waals surface area contributed by atoms with Crippen LogP contribution >= 0.6 is 11.8 Å². The lowest BCUT2D eigenvalue weighted by Crippen LogP contribution is -2.38. The Morgan fingerprint density at radius 1 is 1.26 bits per heavy atom. The first-order chi connectivity index (χ1) is 12.7. The minimum Gasteiger partial charge on any atom is -0.340 e. The predicted octanol–water partition coefficient (Wildman–Crippen LogP) is 2.92. The van der Waals surface area contributed by atoms with E-state index in [0.717, 1.165) is 29.1 Å². The summed E-state index contributed by atoms with van der Waals surface area (Å²) in [4.78, 5) is 14.0. The topological polar surface area (TPSA) is 66.8 Å². The second-order valence-corrected chi connectivity index (χ2v) is 9.96. The zero-order chi connectivity index (χ0) is 19.5. The molecule has 1 amide bonds. The van der Waals surface area contributed by atoms with Gasteiger partial charge in [-0.3, -0.25) is 14.6 Å². The molecule has 6 nitrogen and oxygen atoms in total. The molecule has 0 saturated carbocycles. The van der Waals surface area contributed by atoms with Crippen molar-refractivity contribution in [3.8, 4) is 0 Å². The molecule has 2 aliphatic heterocycles. The highest BCUT2D eigenvalue weighted by Gasteiger charge is 2.41. The van der Waals surface area contributed by atoms with Gasteiger partial charge in [0.15, 0.2) is 0 Å². The van der Waals surface area contributed by atoms with E-state index in [0.29, 0.717) is 24.1 Å². The van der Waals surface area contributed by atoms with E-state index in [1.807, 2.05) is 18.8 Å². The number of nitrogens with zero attached hydrogens (tertiary/aromatic N) is 4. The maximum Gasteiger partial charge on any atom is 0.227 e. The lowest BCUT2D eigenvalue weighted by molar-refractivity contribution is -0.130. The third-order valence-corrected chi connectivity index (χ3v) is 7.79. The number of aromatic nitrogens is 4. The number of fused-ring (bicyclic) bond motifs is 2. The first-order valence-electron chi connectivity index (χ1n) is 9.67. The molecule has 4 heterocycles. The van der Waals surface area contributed by atoms with Gasteiger partial charge in [0.2, 0.25) is 5.91 Å². The number of amides is 1. The summed E-state index contributed by atoms with van der Waals surface area (Å²) >= 11 is 2.01. The molecule has 146 valence electrons. The number of likely N-dealkylation sites (N-methyl/N-ethyl adjacent to an activating group) is 1. The van der Waals surface area contributed by atoms with Gasteiger partial charge >= 0.3 is 0 Å². The average molecular weight is 388 g/mol. The van der Waals surface area contributed by atoms with Crippen LogP contribution in [0, 0.1) is 0 Å². The standard InChI is InChI=1S/C20H29N5OS/c1-11(2)18-13-10-27-16(8-15(13)25(6)23-18)20(3,4)19-12-7-17(26)24(5)9-14(12)21-22-19/h11,16H,7-10H2,1-6H3,(H,21,22). The van der Waals surface area contributed by atoms with Crippen molar-refractivity contribution < 1.29 is 4.79 Å². The van der Waals surface area contributed by atoms with Gasteiger partial charge in [-0.05, 0) is 5.92 Å². The van der Waals surface area contributed by atoms with E-state index in [9.17, 15) is 4.79 Å². The molecule has 0 aliphatic carbocycles. The molecule has 7 heteroatoms. The molecule has 2 aromatic rings. The van der Waals surface area contributed by atoms with Crippen molar-refractivity contribution in [3.05, 3.63) is 33.9 Å². The number of thioether (sulfide) groups is 1. The third kappa shape index (κ3) is 2.91. The minimum atomic E-state index is -0.120. The number of hydrogen-bond acceptors (Lipinski definition) is 4. The van der Waals surface area contributed by atoms with Crippen LogP contribution in [0.5, 0.6) is 0 Å². The summed E-state index contributed by atoms with van der Waals surface area (Å²) in [5, 5.41) is 13.1. The summed E-state index contributed by atoms with van der Waals surface area (Å²) in [6.45, 7) is 9.60. The molecule has 0 radical (unpaired) electrons. The normalized spacial score (nSPS) is 20.2. The molecule has 2 aliphatic rings. The Bertz CT molecular complexity index is 895. The Morgan fingerprint density at radius 2 is 2.00 bits per heavy atom. The number of rotatable bonds is 3. The molecular weight excluding hydrogens is 358 g/mol. The molecule has 1 atom stereocenters. The second-order valence-electron chi connectivity index (χ2n) is 8.77. The fourth-order valence-corrected chi connectivity index (χ4v) is 5.89. The molecule has 4 rings (SSSR count). The van der Waals surface area contributed by atoms with Crippen molar-refractivity contribution in [2.24, 2.45) is 7.05 Å². The Hall–Kier alpha value is -1.76. The van der Waals surface area contributed by atoms with Crippen LogP contribution in [0.2, 0.25) is 0 Å². The van der Waals surface area contributed by atoms with Crippen LogP contribution < -0.4 is 0 Å². The zero-order valence-electron chi connectivity index (χ0n) is 17.1. The van der Waals surface area contributed by atoms with Gasteiger partial charge in [-0.2, -0.15) is 22.0 Å². The van der Waals surface area contributed by atoms with Crippen molar-refractivity contribution in [1.82, 2.24) is 24.9 Å². The Labute approximate surface area is 165 Å². The minimum absolute atomic E-state index is 0.120. The van der Waals surface area contributed by atoms with Crippen LogP contribution in [0.25, 0.3) is 0 Å². The lowest BCUT2D eigenvalue weighted by atomic mass is 9.79. The van der Waals surface area contributed by atoms with Gasteiger partial charge in [-0.25, -0.2) is 0 Å². The van der Waals surface area contributed by atoms with Crippen LogP contribution in [0.4, 0.5) is 0 Å². The number of carbonyl (C=O) groups excluding carboxylic acids is 1. The Balaban J connectivity index is 1.66. The van der Waals surface area contributed by atoms with E-state index in [4.69, 9.17) is 5.10 Å². The summed E-state index contributed by atoms with van der Waals surface area (Å²) in [5.41, 5.74) is 7.16. The molecule has 0 bridgehead atoms. The van der Waals surface area contributed by atoms with E-state index < -0.39 is 0 Å². The number of aromatic amines is 1. The van der Waals surface area contributed by atoms with Crippen LogP contribution in [-0.2, 0) is 42.4 Å². The van der Waals surface area contributed by atoms with Crippen molar-refractivity contribution in [3.63, 3.8) is 0 Å². The number of hydrogen-bond donors (Lipinski definition) is 1. The van der Waals surface area contributed by atoms with E-state index >= 15 is 0 Å². The molecule has 0 aromatic carbocycles. The van der Waals surface area contributed by atoms with Crippen molar-refractivity contribution in [2.45, 2.75) is 69.4 Å². The van der Waals surface area contributed by atoms with Gasteiger partial charge in [0.25, 0.3) is 0 Å². The number of nitrogens with one attached hydrogen (secondary N) is 1. The largest absolute Gasteiger partial charge is 0.340 e. The molecular formula is C20H29N5OS. The summed E-state index contributed by atoms with van der Waals surface area (Å²) in [7, 11) is 3.92. The van der Waals surface area contributed by atoms with Crippen LogP contribution in [0.15, 0.2) is 0 Å². The summed E-state index contributed by atoms with van der Waals surface area (Å²) in [5.74, 6) is 1.62. The maximum atomic E-state index is 12.3. The molecule has 0 saturated heterocycles. The summed E-state index contributed by atoms with van der Waals surface area (Å²) in [6, 6.07) is 0. The predicted molar refractivity (Wildman–Crippen MR) is 108 cm³/mol. The zero-order valence-corrected chi connectivity index (χ0v) is 17.9. The molecule has 1 unspecified atom stereocenters. The highest BCUT2D eigenvalue weighted by molar-refractivity contribution is 7.99. The quantitative estimate of drug-likeness (QED) is 0.879. The highest BCUT2D eigenvalue weighted by atomic mass is 32.2. The molecule has 1 N–H and O–H groups in total. The Morgan fingerprint density at radius 3 is 2.70 bits per heavy atom. The van der Waals surface area contributed by atoms with E-state index in [1.54, 1.807) is 4.90 Å².